The fourth-order valence-corrected chi connectivity index (χ4v) is 4.76. The number of nitrogens with two attached hydrogens (primary N) is 2. The van der Waals surface area contributed by atoms with Crippen molar-refractivity contribution in [3.63, 3.8) is 0 Å². The summed E-state index contributed by atoms with van der Waals surface area (Å²) in [6, 6.07) is 2.73. The molecule has 13 heteroatoms. The maximum atomic E-state index is 13.8. The number of hydrogen-bond donors (Lipinski definition) is 3. The van der Waals surface area contributed by atoms with E-state index in [1.165, 1.54) is 11.2 Å². The molecule has 0 aromatic heterocycles. The smallest absolute Gasteiger partial charge is 0.445 e. The van der Waals surface area contributed by atoms with E-state index in [2.05, 4.69) is 4.74 Å². The van der Waals surface area contributed by atoms with Crippen LogP contribution in [0, 0.1) is 17.7 Å². The molecule has 1 amide bonds. The standard InChI is InChI=1S/C21H27F4N5O4/c22-16-5-12(1-4-19(16)34-21(23,24)25)11-33-20(31)28-7-13-9-29(10-14(13)8-28)30(32)15-2-3-17(26)18(27)6-15/h1,4-5,13-15,32H,2-3,6-11,26-27H2/t13?,14?,15-/m1/s1. The Morgan fingerprint density at radius 3 is 2.41 bits per heavy atom. The second-order valence-electron chi connectivity index (χ2n) is 8.93. The third-order valence-electron chi connectivity index (χ3n) is 6.54. The molecule has 1 aromatic carbocycles. The Kier molecular flexibility index (Phi) is 6.78. The second-order valence-corrected chi connectivity index (χ2v) is 8.93. The summed E-state index contributed by atoms with van der Waals surface area (Å²) < 4.78 is 59.3. The number of allylic oxidation sites excluding steroid dienone is 1. The summed E-state index contributed by atoms with van der Waals surface area (Å²) in [7, 11) is 0. The van der Waals surface area contributed by atoms with Crippen LogP contribution in [0.25, 0.3) is 0 Å². The van der Waals surface area contributed by atoms with Crippen LogP contribution in [0.3, 0.4) is 0 Å². The van der Waals surface area contributed by atoms with E-state index in [0.717, 1.165) is 12.1 Å². The van der Waals surface area contributed by atoms with Gasteiger partial charge in [-0.1, -0.05) is 6.07 Å². The van der Waals surface area contributed by atoms with Crippen LogP contribution in [0.5, 0.6) is 5.75 Å². The van der Waals surface area contributed by atoms with E-state index in [-0.39, 0.29) is 30.0 Å². The zero-order valence-electron chi connectivity index (χ0n) is 18.3. The molecule has 9 nitrogen and oxygen atoms in total. The highest BCUT2D eigenvalue weighted by molar-refractivity contribution is 5.68. The molecule has 5 N–H and O–H groups in total. The van der Waals surface area contributed by atoms with Gasteiger partial charge in [-0.15, -0.1) is 18.3 Å². The minimum Gasteiger partial charge on any atom is -0.445 e. The molecule has 0 bridgehead atoms. The monoisotopic (exact) mass is 489 g/mol. The van der Waals surface area contributed by atoms with Gasteiger partial charge in [-0.3, -0.25) is 5.21 Å². The number of rotatable bonds is 5. The second kappa shape index (κ2) is 9.47. The van der Waals surface area contributed by atoms with E-state index < -0.39 is 24.0 Å². The molecule has 2 heterocycles. The zero-order valence-corrected chi connectivity index (χ0v) is 18.3. The molecule has 1 aromatic rings. The van der Waals surface area contributed by atoms with Crippen LogP contribution in [0.2, 0.25) is 0 Å². The van der Waals surface area contributed by atoms with Crippen LogP contribution in [0.1, 0.15) is 24.8 Å². The Labute approximate surface area is 193 Å². The highest BCUT2D eigenvalue weighted by atomic mass is 19.4. The van der Waals surface area contributed by atoms with Gasteiger partial charge in [-0.2, -0.15) is 0 Å². The van der Waals surface area contributed by atoms with Crippen LogP contribution in [0.4, 0.5) is 22.4 Å². The van der Waals surface area contributed by atoms with Gasteiger partial charge in [-0.05, 0) is 42.4 Å². The van der Waals surface area contributed by atoms with E-state index >= 15 is 0 Å². The molecule has 4 rings (SSSR count). The normalized spacial score (nSPS) is 25.7. The number of benzene rings is 1. The van der Waals surface area contributed by atoms with E-state index in [1.54, 1.807) is 4.90 Å². The Bertz CT molecular complexity index is 946. The SMILES string of the molecule is NC1=C(N)C[C@H](N(O)N2CC3CN(C(=O)OCc4ccc(OC(F)(F)F)c(F)c4)CC3C2)CC1. The van der Waals surface area contributed by atoms with Crippen molar-refractivity contribution in [3.05, 3.63) is 41.0 Å². The molecular weight excluding hydrogens is 462 g/mol. The molecule has 2 saturated heterocycles. The predicted molar refractivity (Wildman–Crippen MR) is 110 cm³/mol. The molecule has 3 atom stereocenters. The van der Waals surface area contributed by atoms with Crippen molar-refractivity contribution in [1.82, 2.24) is 15.1 Å². The fourth-order valence-electron chi connectivity index (χ4n) is 4.76. The Morgan fingerprint density at radius 2 is 1.82 bits per heavy atom. The van der Waals surface area contributed by atoms with Crippen LogP contribution in [-0.2, 0) is 11.3 Å². The van der Waals surface area contributed by atoms with Crippen molar-refractivity contribution in [2.45, 2.75) is 38.3 Å². The van der Waals surface area contributed by atoms with Gasteiger partial charge in [0.05, 0.1) is 6.04 Å². The van der Waals surface area contributed by atoms with Crippen molar-refractivity contribution in [2.75, 3.05) is 26.2 Å². The van der Waals surface area contributed by atoms with Gasteiger partial charge < -0.3 is 25.8 Å². The molecule has 3 aliphatic rings. The highest BCUT2D eigenvalue weighted by Gasteiger charge is 2.44. The first-order valence-corrected chi connectivity index (χ1v) is 10.9. The van der Waals surface area contributed by atoms with Crippen molar-refractivity contribution in [2.24, 2.45) is 23.3 Å². The molecule has 2 aliphatic heterocycles. The van der Waals surface area contributed by atoms with Crippen molar-refractivity contribution >= 4 is 6.09 Å². The number of alkyl halides is 3. The van der Waals surface area contributed by atoms with E-state index in [4.69, 9.17) is 16.2 Å². The fraction of sp³-hybridized carbons (Fsp3) is 0.571. The number of hydroxylamine groups is 1. The number of hydrazine groups is 1. The van der Waals surface area contributed by atoms with Gasteiger partial charge in [0.1, 0.15) is 6.61 Å². The summed E-state index contributed by atoms with van der Waals surface area (Å²) in [6.07, 6.45) is -3.75. The first-order chi connectivity index (χ1) is 16.0. The lowest BCUT2D eigenvalue weighted by Crippen LogP contribution is -2.48. The maximum absolute atomic E-state index is 13.8. The van der Waals surface area contributed by atoms with Crippen molar-refractivity contribution < 1.29 is 37.0 Å². The van der Waals surface area contributed by atoms with Gasteiger partial charge in [0.2, 0.25) is 0 Å². The summed E-state index contributed by atoms with van der Waals surface area (Å²) >= 11 is 0. The molecule has 2 fully saturated rings. The number of carbonyl (C=O) groups excluding carboxylic acids is 1. The van der Waals surface area contributed by atoms with Crippen LogP contribution < -0.4 is 16.2 Å². The lowest BCUT2D eigenvalue weighted by Gasteiger charge is -2.36. The molecule has 0 spiro atoms. The molecule has 34 heavy (non-hydrogen) atoms. The maximum Gasteiger partial charge on any atom is 0.573 e. The number of nitrogens with zero attached hydrogens (tertiary/aromatic N) is 3. The van der Waals surface area contributed by atoms with Gasteiger partial charge in [0, 0.05) is 44.0 Å². The Balaban J connectivity index is 1.24. The number of likely N-dealkylation sites (tertiary alicyclic amines) is 1. The third kappa shape index (κ3) is 5.47. The van der Waals surface area contributed by atoms with E-state index in [9.17, 15) is 27.6 Å². The largest absolute Gasteiger partial charge is 0.573 e. The van der Waals surface area contributed by atoms with Crippen molar-refractivity contribution in [3.8, 4) is 5.75 Å². The zero-order chi connectivity index (χ0) is 24.6. The number of amides is 1. The van der Waals surface area contributed by atoms with Crippen LogP contribution in [0.15, 0.2) is 29.6 Å². The van der Waals surface area contributed by atoms with E-state index in [1.807, 2.05) is 5.01 Å². The molecule has 2 unspecified atom stereocenters. The number of ether oxygens (including phenoxy) is 2. The molecule has 0 saturated carbocycles. The third-order valence-corrected chi connectivity index (χ3v) is 6.54. The molecule has 1 aliphatic carbocycles. The number of halogens is 4. The summed E-state index contributed by atoms with van der Waals surface area (Å²) in [5.41, 5.74) is 13.2. The lowest BCUT2D eigenvalue weighted by atomic mass is 9.97. The summed E-state index contributed by atoms with van der Waals surface area (Å²) in [6.45, 7) is 1.75. The molecular formula is C21H27F4N5O4. The Morgan fingerprint density at radius 1 is 1.15 bits per heavy atom. The highest BCUT2D eigenvalue weighted by Crippen LogP contribution is 2.34. The van der Waals surface area contributed by atoms with E-state index in [0.29, 0.717) is 56.8 Å². The Hall–Kier alpha value is -2.77. The van der Waals surface area contributed by atoms with Crippen LogP contribution in [-0.4, -0.2) is 65.0 Å². The molecule has 0 radical (unpaired) electrons. The number of hydrogen-bond acceptors (Lipinski definition) is 8. The minimum atomic E-state index is -5.00. The first-order valence-electron chi connectivity index (χ1n) is 10.9. The van der Waals surface area contributed by atoms with Gasteiger partial charge in [0.25, 0.3) is 0 Å². The quantitative estimate of drug-likeness (QED) is 0.427. The topological polar surface area (TPSA) is 118 Å². The minimum absolute atomic E-state index is 0.138. The molecule has 188 valence electrons. The lowest BCUT2D eigenvalue weighted by molar-refractivity contribution is -0.275. The van der Waals surface area contributed by atoms with Gasteiger partial charge in [0.15, 0.2) is 11.6 Å². The average Bonchev–Trinajstić information content (AvgIpc) is 3.34. The summed E-state index contributed by atoms with van der Waals surface area (Å²) in [4.78, 5) is 14.0. The number of fused-ring (bicyclic) bond motifs is 1. The predicted octanol–water partition coefficient (Wildman–Crippen LogP) is 2.51. The average molecular weight is 489 g/mol. The van der Waals surface area contributed by atoms with Gasteiger partial charge >= 0.3 is 12.5 Å². The first kappa shape index (κ1) is 24.4. The summed E-state index contributed by atoms with van der Waals surface area (Å²) in [5.74, 6) is -1.85. The number of carbonyl (C=O) groups is 1. The van der Waals surface area contributed by atoms with Crippen molar-refractivity contribution in [1.29, 1.82) is 0 Å². The van der Waals surface area contributed by atoms with Gasteiger partial charge in [-0.25, -0.2) is 14.2 Å². The summed E-state index contributed by atoms with van der Waals surface area (Å²) in [5, 5.41) is 13.8. The van der Waals surface area contributed by atoms with Crippen LogP contribution >= 0.6 is 0 Å².